The van der Waals surface area contributed by atoms with Crippen LogP contribution in [0.3, 0.4) is 0 Å². The van der Waals surface area contributed by atoms with Crippen LogP contribution in [0.25, 0.3) is 0 Å². The van der Waals surface area contributed by atoms with Crippen molar-refractivity contribution in [3.63, 3.8) is 0 Å². The van der Waals surface area contributed by atoms with Crippen LogP contribution in [0.5, 0.6) is 0 Å². The summed E-state index contributed by atoms with van der Waals surface area (Å²) in [7, 11) is 0. The maximum atomic E-state index is 13.0. The molecule has 3 heteroatoms. The van der Waals surface area contributed by atoms with Crippen LogP contribution in [0.4, 0.5) is 0 Å². The van der Waals surface area contributed by atoms with Gasteiger partial charge in [0, 0.05) is 6.04 Å². The number of nitrogens with one attached hydrogen (secondary N) is 2. The van der Waals surface area contributed by atoms with Gasteiger partial charge >= 0.3 is 0 Å². The highest BCUT2D eigenvalue weighted by Gasteiger charge is 2.38. The van der Waals surface area contributed by atoms with Gasteiger partial charge in [0.05, 0.1) is 5.41 Å². The third kappa shape index (κ3) is 3.29. The van der Waals surface area contributed by atoms with Crippen molar-refractivity contribution in [3.8, 4) is 0 Å². The summed E-state index contributed by atoms with van der Waals surface area (Å²) in [5, 5.41) is 6.72. The molecule has 1 heterocycles. The van der Waals surface area contributed by atoms with E-state index in [1.165, 1.54) is 0 Å². The van der Waals surface area contributed by atoms with Gasteiger partial charge in [-0.15, -0.1) is 0 Å². The number of amides is 1. The molecule has 0 aliphatic carbocycles. The Bertz CT molecular complexity index is 454. The third-order valence-corrected chi connectivity index (χ3v) is 5.07. The average Bonchev–Trinajstić information content (AvgIpc) is 2.52. The van der Waals surface area contributed by atoms with Gasteiger partial charge in [0.25, 0.3) is 0 Å². The number of benzene rings is 1. The van der Waals surface area contributed by atoms with Crippen molar-refractivity contribution in [1.29, 1.82) is 0 Å². The Morgan fingerprint density at radius 2 is 1.95 bits per heavy atom. The Kier molecular flexibility index (Phi) is 5.40. The van der Waals surface area contributed by atoms with Crippen molar-refractivity contribution < 1.29 is 4.79 Å². The lowest BCUT2D eigenvalue weighted by molar-refractivity contribution is -0.128. The van der Waals surface area contributed by atoms with Gasteiger partial charge in [0.1, 0.15) is 0 Å². The highest BCUT2D eigenvalue weighted by atomic mass is 16.2. The molecule has 1 aromatic carbocycles. The molecule has 2 atom stereocenters. The minimum atomic E-state index is -0.397. The summed E-state index contributed by atoms with van der Waals surface area (Å²) in [6, 6.07) is 10.5. The fourth-order valence-corrected chi connectivity index (χ4v) is 3.40. The second-order valence-corrected chi connectivity index (χ2v) is 6.21. The van der Waals surface area contributed by atoms with E-state index in [0.29, 0.717) is 12.0 Å². The predicted octanol–water partition coefficient (Wildman–Crippen LogP) is 2.86. The molecule has 21 heavy (non-hydrogen) atoms. The quantitative estimate of drug-likeness (QED) is 0.875. The minimum absolute atomic E-state index is 0.192. The van der Waals surface area contributed by atoms with Crippen molar-refractivity contribution in [3.05, 3.63) is 35.9 Å². The summed E-state index contributed by atoms with van der Waals surface area (Å²) in [5.41, 5.74) is 0.736. The molecule has 0 radical (unpaired) electrons. The molecule has 0 aromatic heterocycles. The molecule has 2 N–H and O–H groups in total. The van der Waals surface area contributed by atoms with Gasteiger partial charge in [-0.25, -0.2) is 0 Å². The molecule has 3 nitrogen and oxygen atoms in total. The predicted molar refractivity (Wildman–Crippen MR) is 87.3 cm³/mol. The lowest BCUT2D eigenvalue weighted by Gasteiger charge is -2.36. The van der Waals surface area contributed by atoms with E-state index >= 15 is 0 Å². The first-order valence-electron chi connectivity index (χ1n) is 8.21. The second kappa shape index (κ2) is 7.08. The van der Waals surface area contributed by atoms with Gasteiger partial charge in [-0.2, -0.15) is 0 Å². The van der Waals surface area contributed by atoms with Crippen molar-refractivity contribution in [1.82, 2.24) is 10.6 Å². The highest BCUT2D eigenvalue weighted by molar-refractivity contribution is 5.88. The van der Waals surface area contributed by atoms with Gasteiger partial charge in [-0.1, -0.05) is 51.1 Å². The second-order valence-electron chi connectivity index (χ2n) is 6.21. The smallest absolute Gasteiger partial charge is 0.230 e. The van der Waals surface area contributed by atoms with E-state index in [-0.39, 0.29) is 5.91 Å². The molecule has 1 amide bonds. The number of hydrogen-bond acceptors (Lipinski definition) is 2. The van der Waals surface area contributed by atoms with E-state index in [9.17, 15) is 4.79 Å². The van der Waals surface area contributed by atoms with Crippen LogP contribution in [0.1, 0.15) is 45.6 Å². The molecule has 1 aliphatic rings. The van der Waals surface area contributed by atoms with E-state index in [0.717, 1.165) is 37.9 Å². The number of hydrogen-bond donors (Lipinski definition) is 2. The minimum Gasteiger partial charge on any atom is -0.352 e. The van der Waals surface area contributed by atoms with E-state index in [4.69, 9.17) is 0 Å². The Morgan fingerprint density at radius 1 is 1.29 bits per heavy atom. The molecule has 0 bridgehead atoms. The van der Waals surface area contributed by atoms with Gasteiger partial charge in [0.2, 0.25) is 5.91 Å². The van der Waals surface area contributed by atoms with E-state index < -0.39 is 5.41 Å². The molecule has 1 fully saturated rings. The fourth-order valence-electron chi connectivity index (χ4n) is 3.40. The zero-order valence-electron chi connectivity index (χ0n) is 13.5. The fraction of sp³-hybridized carbons (Fsp3) is 0.611. The van der Waals surface area contributed by atoms with Crippen molar-refractivity contribution >= 4 is 5.91 Å². The van der Waals surface area contributed by atoms with E-state index in [1.54, 1.807) is 0 Å². The summed E-state index contributed by atoms with van der Waals surface area (Å²) in [5.74, 6) is 0.683. The van der Waals surface area contributed by atoms with Crippen molar-refractivity contribution in [2.45, 2.75) is 51.5 Å². The molecule has 2 rings (SSSR count). The van der Waals surface area contributed by atoms with Crippen LogP contribution < -0.4 is 10.6 Å². The monoisotopic (exact) mass is 288 g/mol. The zero-order chi connectivity index (χ0) is 15.3. The van der Waals surface area contributed by atoms with Crippen LogP contribution >= 0.6 is 0 Å². The van der Waals surface area contributed by atoms with Crippen molar-refractivity contribution in [2.24, 2.45) is 5.92 Å². The molecule has 0 saturated carbocycles. The lowest BCUT2D eigenvalue weighted by atomic mass is 9.74. The van der Waals surface area contributed by atoms with Crippen LogP contribution in [0.15, 0.2) is 30.3 Å². The normalized spacial score (nSPS) is 22.8. The maximum Gasteiger partial charge on any atom is 0.230 e. The molecule has 1 aliphatic heterocycles. The van der Waals surface area contributed by atoms with Crippen LogP contribution in [0, 0.1) is 5.92 Å². The molecule has 2 unspecified atom stereocenters. The van der Waals surface area contributed by atoms with E-state index in [1.807, 2.05) is 18.2 Å². The SMILES string of the molecule is CCC(CC)(C(=O)NC1CCNCC1C)c1ccccc1. The zero-order valence-corrected chi connectivity index (χ0v) is 13.5. The number of piperidine rings is 1. The average molecular weight is 288 g/mol. The molecule has 0 spiro atoms. The summed E-state index contributed by atoms with van der Waals surface area (Å²) in [6.07, 6.45) is 2.68. The van der Waals surface area contributed by atoms with Gasteiger partial charge in [-0.3, -0.25) is 4.79 Å². The molecular weight excluding hydrogens is 260 g/mol. The largest absolute Gasteiger partial charge is 0.352 e. The Morgan fingerprint density at radius 3 is 2.52 bits per heavy atom. The first-order chi connectivity index (χ1) is 10.1. The third-order valence-electron chi connectivity index (χ3n) is 5.07. The molecule has 1 aromatic rings. The summed E-state index contributed by atoms with van der Waals surface area (Å²) in [4.78, 5) is 13.0. The Hall–Kier alpha value is -1.35. The molecule has 116 valence electrons. The van der Waals surface area contributed by atoms with E-state index in [2.05, 4.69) is 43.5 Å². The summed E-state index contributed by atoms with van der Waals surface area (Å²) >= 11 is 0. The number of carbonyl (C=O) groups is 1. The van der Waals surface area contributed by atoms with Crippen LogP contribution in [0.2, 0.25) is 0 Å². The Labute approximate surface area is 128 Å². The van der Waals surface area contributed by atoms with Crippen LogP contribution in [-0.2, 0) is 10.2 Å². The van der Waals surface area contributed by atoms with Crippen LogP contribution in [-0.4, -0.2) is 25.0 Å². The number of carbonyl (C=O) groups excluding carboxylic acids is 1. The number of rotatable bonds is 5. The maximum absolute atomic E-state index is 13.0. The Balaban J connectivity index is 2.19. The van der Waals surface area contributed by atoms with Crippen molar-refractivity contribution in [2.75, 3.05) is 13.1 Å². The van der Waals surface area contributed by atoms with Gasteiger partial charge in [-0.05, 0) is 43.8 Å². The van der Waals surface area contributed by atoms with Gasteiger partial charge in [0.15, 0.2) is 0 Å². The van der Waals surface area contributed by atoms with Gasteiger partial charge < -0.3 is 10.6 Å². The summed E-state index contributed by atoms with van der Waals surface area (Å²) in [6.45, 7) is 8.41. The molecule has 1 saturated heterocycles. The summed E-state index contributed by atoms with van der Waals surface area (Å²) < 4.78 is 0. The lowest BCUT2D eigenvalue weighted by Crippen LogP contribution is -2.53. The first kappa shape index (κ1) is 16.0. The topological polar surface area (TPSA) is 41.1 Å². The molecular formula is C18H28N2O. The standard InChI is InChI=1S/C18H28N2O/c1-4-18(5-2,15-9-7-6-8-10-15)17(21)20-16-11-12-19-13-14(16)3/h6-10,14,16,19H,4-5,11-13H2,1-3H3,(H,20,21). The highest BCUT2D eigenvalue weighted by Crippen LogP contribution is 2.32. The first-order valence-corrected chi connectivity index (χ1v) is 8.21.